The summed E-state index contributed by atoms with van der Waals surface area (Å²) in [6.45, 7) is 5.73. The number of amides is 3. The Morgan fingerprint density at radius 2 is 1.83 bits per heavy atom. The number of hydrogen-bond acceptors (Lipinski definition) is 9. The fourth-order valence-electron chi connectivity index (χ4n) is 6.29. The van der Waals surface area contributed by atoms with E-state index >= 15 is 0 Å². The van der Waals surface area contributed by atoms with Crippen molar-refractivity contribution in [2.75, 3.05) is 42.1 Å². The molecule has 48 heavy (non-hydrogen) atoms. The van der Waals surface area contributed by atoms with Gasteiger partial charge in [0, 0.05) is 55.1 Å². The van der Waals surface area contributed by atoms with E-state index in [0.717, 1.165) is 30.6 Å². The zero-order valence-corrected chi connectivity index (χ0v) is 28.5. The van der Waals surface area contributed by atoms with Gasteiger partial charge in [-0.3, -0.25) is 24.0 Å². The molecular formula is C33H37ClN8O5S. The largest absolute Gasteiger partial charge is 0.355 e. The molecule has 252 valence electrons. The van der Waals surface area contributed by atoms with Gasteiger partial charge >= 0.3 is 0 Å². The van der Waals surface area contributed by atoms with Crippen LogP contribution < -0.4 is 15.4 Å². The number of aromatic nitrogens is 3. The number of halogens is 1. The summed E-state index contributed by atoms with van der Waals surface area (Å²) in [7, 11) is -3.71. The van der Waals surface area contributed by atoms with Gasteiger partial charge in [0.1, 0.15) is 5.82 Å². The highest BCUT2D eigenvalue weighted by molar-refractivity contribution is 7.92. The van der Waals surface area contributed by atoms with Gasteiger partial charge in [0.05, 0.1) is 40.4 Å². The number of hydrogen-bond donors (Lipinski definition) is 2. The number of nitrogens with two attached hydrogens (primary N) is 1. The van der Waals surface area contributed by atoms with Crippen LogP contribution in [0.2, 0.25) is 5.02 Å². The summed E-state index contributed by atoms with van der Waals surface area (Å²) in [4.78, 5) is 49.9. The minimum absolute atomic E-state index is 0.0746. The molecular weight excluding hydrogens is 656 g/mol. The van der Waals surface area contributed by atoms with Crippen molar-refractivity contribution >= 4 is 56.5 Å². The molecule has 2 aliphatic rings. The molecule has 15 heteroatoms. The molecule has 6 rings (SSSR count). The van der Waals surface area contributed by atoms with Crippen molar-refractivity contribution in [3.63, 3.8) is 0 Å². The summed E-state index contributed by atoms with van der Waals surface area (Å²) in [5.74, 6) is -0.305. The molecule has 1 fully saturated rings. The number of nitrogens with zero attached hydrogens (tertiary/aromatic N) is 6. The van der Waals surface area contributed by atoms with Gasteiger partial charge in [-0.2, -0.15) is 5.10 Å². The number of carbonyl (C=O) groups is 3. The Morgan fingerprint density at radius 1 is 1.12 bits per heavy atom. The number of nitrogens with one attached hydrogen (secondary N) is 1. The van der Waals surface area contributed by atoms with Crippen LogP contribution >= 0.6 is 11.6 Å². The van der Waals surface area contributed by atoms with E-state index in [2.05, 4.69) is 9.62 Å². The Bertz CT molecular complexity index is 2000. The van der Waals surface area contributed by atoms with Crippen molar-refractivity contribution in [2.45, 2.75) is 45.2 Å². The maximum atomic E-state index is 14.3. The molecule has 4 heterocycles. The smallest absolute Gasteiger partial charge is 0.261 e. The highest BCUT2D eigenvalue weighted by Gasteiger charge is 2.35. The lowest BCUT2D eigenvalue weighted by molar-refractivity contribution is 0.0628. The van der Waals surface area contributed by atoms with Gasteiger partial charge in [0.25, 0.3) is 17.7 Å². The highest BCUT2D eigenvalue weighted by atomic mass is 35.5. The molecule has 2 aromatic carbocycles. The van der Waals surface area contributed by atoms with Gasteiger partial charge in [-0.1, -0.05) is 23.7 Å². The van der Waals surface area contributed by atoms with E-state index in [1.54, 1.807) is 33.7 Å². The molecule has 1 saturated heterocycles. The number of imide groups is 1. The third-order valence-corrected chi connectivity index (χ3v) is 9.55. The molecule has 13 nitrogen and oxygen atoms in total. The average Bonchev–Trinajstić information content (AvgIpc) is 3.72. The number of fused-ring (bicyclic) bond motifs is 2. The molecule has 0 bridgehead atoms. The van der Waals surface area contributed by atoms with E-state index in [0.29, 0.717) is 41.9 Å². The third kappa shape index (κ3) is 6.73. The van der Waals surface area contributed by atoms with Crippen LogP contribution in [0.5, 0.6) is 0 Å². The number of rotatable bonds is 11. The van der Waals surface area contributed by atoms with Crippen molar-refractivity contribution < 1.29 is 22.8 Å². The van der Waals surface area contributed by atoms with Gasteiger partial charge < -0.3 is 15.5 Å². The molecule has 0 radical (unpaired) electrons. The van der Waals surface area contributed by atoms with Crippen LogP contribution in [0, 0.1) is 6.92 Å². The highest BCUT2D eigenvalue weighted by Crippen LogP contribution is 2.30. The van der Waals surface area contributed by atoms with Crippen molar-refractivity contribution in [2.24, 2.45) is 5.73 Å². The van der Waals surface area contributed by atoms with E-state index in [9.17, 15) is 22.8 Å². The number of unbranched alkanes of at least 4 members (excludes halogenated alkanes) is 1. The number of carbonyl (C=O) groups excluding carboxylic acids is 3. The molecule has 0 saturated carbocycles. The minimum atomic E-state index is -3.71. The second-order valence-electron chi connectivity index (χ2n) is 12.4. The lowest BCUT2D eigenvalue weighted by Crippen LogP contribution is -2.36. The Balaban J connectivity index is 1.27. The Labute approximate surface area is 283 Å². The van der Waals surface area contributed by atoms with Crippen molar-refractivity contribution in [3.8, 4) is 0 Å². The van der Waals surface area contributed by atoms with E-state index in [1.165, 1.54) is 23.1 Å². The average molecular weight is 693 g/mol. The maximum absolute atomic E-state index is 14.3. The first-order chi connectivity index (χ1) is 22.8. The number of sulfonamides is 1. The molecule has 0 unspecified atom stereocenters. The Morgan fingerprint density at radius 3 is 2.48 bits per heavy atom. The van der Waals surface area contributed by atoms with Crippen LogP contribution in [-0.2, 0) is 10.0 Å². The van der Waals surface area contributed by atoms with E-state index < -0.39 is 22.0 Å². The predicted molar refractivity (Wildman–Crippen MR) is 183 cm³/mol. The van der Waals surface area contributed by atoms with Crippen LogP contribution in [0.15, 0.2) is 54.7 Å². The summed E-state index contributed by atoms with van der Waals surface area (Å²) in [6.07, 6.45) is 4.65. The van der Waals surface area contributed by atoms with E-state index in [1.807, 2.05) is 26.1 Å². The van der Waals surface area contributed by atoms with Crippen LogP contribution in [0.25, 0.3) is 5.65 Å². The second-order valence-corrected chi connectivity index (χ2v) is 14.6. The van der Waals surface area contributed by atoms with Gasteiger partial charge in [-0.05, 0) is 63.4 Å². The first kappa shape index (κ1) is 33.4. The lowest BCUT2D eigenvalue weighted by atomic mass is 10.1. The second kappa shape index (κ2) is 13.2. The molecule has 3 amide bonds. The minimum Gasteiger partial charge on any atom is -0.355 e. The summed E-state index contributed by atoms with van der Waals surface area (Å²) in [5, 5.41) is 5.03. The van der Waals surface area contributed by atoms with Crippen molar-refractivity contribution in [1.82, 2.24) is 24.4 Å². The fourth-order valence-corrected chi connectivity index (χ4v) is 7.03. The summed E-state index contributed by atoms with van der Waals surface area (Å²) >= 11 is 6.29. The number of aryl methyl sites for hydroxylation is 1. The number of anilines is 2. The first-order valence-corrected chi connectivity index (χ1v) is 18.0. The van der Waals surface area contributed by atoms with Gasteiger partial charge in [-0.15, -0.1) is 0 Å². The fraction of sp³-hybridized carbons (Fsp3) is 0.364. The lowest BCUT2D eigenvalue weighted by Gasteiger charge is -2.29. The zero-order valence-electron chi connectivity index (χ0n) is 26.9. The Hall–Kier alpha value is -4.53. The normalized spacial score (nSPS) is 16.9. The zero-order chi connectivity index (χ0) is 34.3. The van der Waals surface area contributed by atoms with Gasteiger partial charge in [0.15, 0.2) is 5.65 Å². The van der Waals surface area contributed by atoms with Gasteiger partial charge in [0.2, 0.25) is 10.0 Å². The summed E-state index contributed by atoms with van der Waals surface area (Å²) in [6, 6.07) is 12.4. The molecule has 2 aliphatic heterocycles. The van der Waals surface area contributed by atoms with E-state index in [-0.39, 0.29) is 47.2 Å². The van der Waals surface area contributed by atoms with Gasteiger partial charge in [-0.25, -0.2) is 17.9 Å². The van der Waals surface area contributed by atoms with Crippen LogP contribution in [0.4, 0.5) is 11.5 Å². The Kier molecular flexibility index (Phi) is 9.16. The molecule has 0 spiro atoms. The molecule has 0 aliphatic carbocycles. The third-order valence-electron chi connectivity index (χ3n) is 8.72. The summed E-state index contributed by atoms with van der Waals surface area (Å²) in [5.41, 5.74) is 9.20. The molecule has 2 atom stereocenters. The monoisotopic (exact) mass is 692 g/mol. The number of benzene rings is 2. The van der Waals surface area contributed by atoms with Crippen molar-refractivity contribution in [3.05, 3.63) is 87.7 Å². The molecule has 2 aromatic heterocycles. The summed E-state index contributed by atoms with van der Waals surface area (Å²) < 4.78 is 28.4. The predicted octanol–water partition coefficient (Wildman–Crippen LogP) is 3.88. The van der Waals surface area contributed by atoms with Crippen LogP contribution in [-0.4, -0.2) is 89.0 Å². The SMILES string of the molecule is Cc1cn2nc([C@H](C)N(CCCCN3C(=O)c4ccccc4C3=O)C(=O)c3cc(Cl)ccc3NS(C)(=O)=O)cc2nc1N1CC[C@H](N)C1. The quantitative estimate of drug-likeness (QED) is 0.175. The topological polar surface area (TPSA) is 163 Å². The van der Waals surface area contributed by atoms with E-state index in [4.69, 9.17) is 27.4 Å². The molecule has 3 N–H and O–H groups in total. The van der Waals surface area contributed by atoms with Crippen molar-refractivity contribution in [1.29, 1.82) is 0 Å². The van der Waals surface area contributed by atoms with Crippen LogP contribution in [0.1, 0.15) is 74.6 Å². The maximum Gasteiger partial charge on any atom is 0.261 e. The standard InChI is InChI=1S/C33H37ClN8O5S/c1-20-18-42-29(36-30(20)39-15-12-23(35)19-39)17-28(37-42)21(2)40(33(45)26-16-22(34)10-11-27(26)38-48(3,46)47)13-6-7-14-41-31(43)24-8-4-5-9-25(24)32(41)44/h4-5,8-11,16-18,21,23,38H,6-7,12-15,19,35H2,1-3H3/t21-,23-/m0/s1. The first-order valence-electron chi connectivity index (χ1n) is 15.7. The van der Waals surface area contributed by atoms with Crippen LogP contribution in [0.3, 0.4) is 0 Å². The molecule has 4 aromatic rings.